The minimum absolute atomic E-state index is 0.110. The molecule has 0 aliphatic rings. The maximum absolute atomic E-state index is 12.5. The Morgan fingerprint density at radius 3 is 2.68 bits per heavy atom. The monoisotopic (exact) mass is 367 g/mol. The maximum Gasteiger partial charge on any atom is 0.343 e. The minimum atomic E-state index is -0.715. The van der Waals surface area contributed by atoms with Crippen molar-refractivity contribution in [2.75, 3.05) is 13.7 Å². The van der Waals surface area contributed by atoms with E-state index in [0.717, 1.165) is 0 Å². The summed E-state index contributed by atoms with van der Waals surface area (Å²) >= 11 is 3.29. The third-order valence-electron chi connectivity index (χ3n) is 3.06. The van der Waals surface area contributed by atoms with Gasteiger partial charge in [-0.3, -0.25) is 9.59 Å². The molecule has 0 amide bonds. The summed E-state index contributed by atoms with van der Waals surface area (Å²) in [5, 5.41) is 0.323. The Bertz CT molecular complexity index is 796. The second-order valence-corrected chi connectivity index (χ2v) is 5.37. The van der Waals surface area contributed by atoms with E-state index >= 15 is 0 Å². The van der Waals surface area contributed by atoms with Gasteiger partial charge in [-0.15, -0.1) is 0 Å². The van der Waals surface area contributed by atoms with Gasteiger partial charge in [0.05, 0.1) is 19.2 Å². The van der Waals surface area contributed by atoms with Crippen molar-refractivity contribution in [1.29, 1.82) is 0 Å². The number of nitrogens with zero attached hydrogens (tertiary/aromatic N) is 1. The van der Waals surface area contributed by atoms with Crippen LogP contribution in [0.5, 0.6) is 0 Å². The molecule has 2 aromatic rings. The summed E-state index contributed by atoms with van der Waals surface area (Å²) in [6.45, 7) is 1.70. The number of methoxy groups -OCH3 is 1. The number of hydrogen-bond acceptors (Lipinski definition) is 5. The van der Waals surface area contributed by atoms with E-state index < -0.39 is 17.4 Å². The van der Waals surface area contributed by atoms with Crippen LogP contribution in [0.3, 0.4) is 0 Å². The molecule has 0 unspecified atom stereocenters. The normalized spacial score (nSPS) is 10.5. The van der Waals surface area contributed by atoms with Gasteiger partial charge in [-0.1, -0.05) is 15.9 Å². The van der Waals surface area contributed by atoms with E-state index in [1.165, 1.54) is 17.9 Å². The molecule has 0 fully saturated rings. The number of carbonyl (C=O) groups excluding carboxylic acids is 2. The zero-order valence-corrected chi connectivity index (χ0v) is 13.7. The topological polar surface area (TPSA) is 74.6 Å². The average molecular weight is 368 g/mol. The highest BCUT2D eigenvalue weighted by Gasteiger charge is 2.17. The van der Waals surface area contributed by atoms with Crippen LogP contribution in [0.1, 0.15) is 17.3 Å². The van der Waals surface area contributed by atoms with Crippen molar-refractivity contribution in [1.82, 2.24) is 4.57 Å². The lowest BCUT2D eigenvalue weighted by atomic mass is 10.1. The van der Waals surface area contributed by atoms with Crippen molar-refractivity contribution in [3.63, 3.8) is 0 Å². The Labute approximate surface area is 134 Å². The van der Waals surface area contributed by atoms with Crippen LogP contribution in [0.15, 0.2) is 33.7 Å². The Kier molecular flexibility index (Phi) is 4.97. The fourth-order valence-corrected chi connectivity index (χ4v) is 2.42. The van der Waals surface area contributed by atoms with Crippen LogP contribution >= 0.6 is 15.9 Å². The molecule has 22 heavy (non-hydrogen) atoms. The van der Waals surface area contributed by atoms with Gasteiger partial charge in [-0.2, -0.15) is 0 Å². The number of aromatic nitrogens is 1. The van der Waals surface area contributed by atoms with Crippen LogP contribution < -0.4 is 5.43 Å². The molecule has 0 saturated heterocycles. The van der Waals surface area contributed by atoms with Crippen LogP contribution in [0.2, 0.25) is 0 Å². The van der Waals surface area contributed by atoms with Crippen molar-refractivity contribution < 1.29 is 19.1 Å². The summed E-state index contributed by atoms with van der Waals surface area (Å²) in [4.78, 5) is 35.9. The molecule has 0 radical (unpaired) electrons. The number of halogens is 1. The van der Waals surface area contributed by atoms with Crippen LogP contribution in [-0.2, 0) is 20.8 Å². The second kappa shape index (κ2) is 6.74. The molecule has 0 bridgehead atoms. The number of ether oxygens (including phenoxy) is 2. The van der Waals surface area contributed by atoms with Crippen molar-refractivity contribution in [3.05, 3.63) is 44.7 Å². The standard InChI is InChI=1S/C15H14BrNO5/c1-3-22-15(20)11-7-17(8-13(18)21-2)12-5-4-9(16)6-10(12)14(11)19/h4-7H,3,8H2,1-2H3. The van der Waals surface area contributed by atoms with Crippen LogP contribution in [0, 0.1) is 0 Å². The molecular weight excluding hydrogens is 354 g/mol. The first-order chi connectivity index (χ1) is 10.5. The number of hydrogen-bond donors (Lipinski definition) is 0. The fourth-order valence-electron chi connectivity index (χ4n) is 2.06. The van der Waals surface area contributed by atoms with Crippen LogP contribution in [-0.4, -0.2) is 30.2 Å². The number of pyridine rings is 1. The Morgan fingerprint density at radius 1 is 1.32 bits per heavy atom. The molecule has 0 aliphatic heterocycles. The largest absolute Gasteiger partial charge is 0.468 e. The fraction of sp³-hybridized carbons (Fsp3) is 0.267. The average Bonchev–Trinajstić information content (AvgIpc) is 2.50. The van der Waals surface area contributed by atoms with E-state index in [4.69, 9.17) is 4.74 Å². The van der Waals surface area contributed by atoms with Crippen LogP contribution in [0.25, 0.3) is 10.9 Å². The molecule has 0 spiro atoms. The van der Waals surface area contributed by atoms with Gasteiger partial charge in [0, 0.05) is 16.1 Å². The van der Waals surface area contributed by atoms with Gasteiger partial charge in [-0.05, 0) is 25.1 Å². The van der Waals surface area contributed by atoms with Crippen molar-refractivity contribution in [2.45, 2.75) is 13.5 Å². The molecule has 7 heteroatoms. The van der Waals surface area contributed by atoms with E-state index in [9.17, 15) is 14.4 Å². The Balaban J connectivity index is 2.71. The van der Waals surface area contributed by atoms with Gasteiger partial charge < -0.3 is 14.0 Å². The van der Waals surface area contributed by atoms with E-state index in [1.807, 2.05) is 0 Å². The molecule has 0 N–H and O–H groups in total. The van der Waals surface area contributed by atoms with Gasteiger partial charge in [0.15, 0.2) is 0 Å². The van der Waals surface area contributed by atoms with Crippen molar-refractivity contribution >= 4 is 38.8 Å². The molecule has 1 aromatic carbocycles. The van der Waals surface area contributed by atoms with E-state index in [1.54, 1.807) is 25.1 Å². The van der Waals surface area contributed by atoms with E-state index in [-0.39, 0.29) is 18.7 Å². The highest BCUT2D eigenvalue weighted by atomic mass is 79.9. The summed E-state index contributed by atoms with van der Waals surface area (Å²) in [5.41, 5.74) is -0.0149. The van der Waals surface area contributed by atoms with E-state index in [2.05, 4.69) is 20.7 Å². The lowest BCUT2D eigenvalue weighted by molar-refractivity contribution is -0.141. The lowest BCUT2D eigenvalue weighted by Gasteiger charge is -2.12. The quantitative estimate of drug-likeness (QED) is 0.773. The van der Waals surface area contributed by atoms with Gasteiger partial charge in [-0.25, -0.2) is 4.79 Å². The molecular formula is C15H14BrNO5. The molecule has 0 atom stereocenters. The highest BCUT2D eigenvalue weighted by molar-refractivity contribution is 9.10. The lowest BCUT2D eigenvalue weighted by Crippen LogP contribution is -2.22. The number of carbonyl (C=O) groups is 2. The zero-order valence-electron chi connectivity index (χ0n) is 12.1. The van der Waals surface area contributed by atoms with Crippen LogP contribution in [0.4, 0.5) is 0 Å². The van der Waals surface area contributed by atoms with Gasteiger partial charge in [0.1, 0.15) is 12.1 Å². The second-order valence-electron chi connectivity index (χ2n) is 4.46. The van der Waals surface area contributed by atoms with Gasteiger partial charge in [0.25, 0.3) is 0 Å². The van der Waals surface area contributed by atoms with Crippen molar-refractivity contribution in [3.8, 4) is 0 Å². The zero-order chi connectivity index (χ0) is 16.3. The molecule has 1 heterocycles. The first-order valence-corrected chi connectivity index (χ1v) is 7.33. The number of esters is 2. The molecule has 0 saturated carbocycles. The predicted molar refractivity (Wildman–Crippen MR) is 83.9 cm³/mol. The summed E-state index contributed by atoms with van der Waals surface area (Å²) in [5.74, 6) is -1.20. The Morgan fingerprint density at radius 2 is 2.05 bits per heavy atom. The Hall–Kier alpha value is -2.15. The summed E-state index contributed by atoms with van der Waals surface area (Å²) < 4.78 is 11.7. The summed E-state index contributed by atoms with van der Waals surface area (Å²) in [7, 11) is 1.27. The summed E-state index contributed by atoms with van der Waals surface area (Å²) in [6.07, 6.45) is 1.33. The third-order valence-corrected chi connectivity index (χ3v) is 3.56. The molecule has 6 nitrogen and oxygen atoms in total. The molecule has 116 valence electrons. The van der Waals surface area contributed by atoms with Gasteiger partial charge in [0.2, 0.25) is 5.43 Å². The predicted octanol–water partition coefficient (Wildman–Crippen LogP) is 2.11. The maximum atomic E-state index is 12.5. The van der Waals surface area contributed by atoms with Crippen molar-refractivity contribution in [2.24, 2.45) is 0 Å². The first kappa shape index (κ1) is 16.2. The molecule has 1 aromatic heterocycles. The smallest absolute Gasteiger partial charge is 0.343 e. The minimum Gasteiger partial charge on any atom is -0.468 e. The third kappa shape index (κ3) is 3.19. The molecule has 0 aliphatic carbocycles. The molecule has 2 rings (SSSR count). The number of benzene rings is 1. The van der Waals surface area contributed by atoms with E-state index in [0.29, 0.717) is 15.4 Å². The highest BCUT2D eigenvalue weighted by Crippen LogP contribution is 2.18. The number of rotatable bonds is 4. The van der Waals surface area contributed by atoms with Gasteiger partial charge >= 0.3 is 11.9 Å². The SMILES string of the molecule is CCOC(=O)c1cn(CC(=O)OC)c2ccc(Br)cc2c1=O. The summed E-state index contributed by atoms with van der Waals surface area (Å²) in [6, 6.07) is 5.05. The first-order valence-electron chi connectivity index (χ1n) is 6.54. The number of fused-ring (bicyclic) bond motifs is 1.